The largest absolute Gasteiger partial charge is 0.486 e. The van der Waals surface area contributed by atoms with Crippen LogP contribution in [-0.2, 0) is 18.4 Å². The van der Waals surface area contributed by atoms with Crippen molar-refractivity contribution >= 4 is 11.6 Å². The number of carbonyl (C=O) groups excluding carboxylic acids is 1. The number of amides is 1. The van der Waals surface area contributed by atoms with Gasteiger partial charge < -0.3 is 20.4 Å². The number of nitrogens with one attached hydrogen (secondary N) is 1. The molecule has 0 saturated heterocycles. The summed E-state index contributed by atoms with van der Waals surface area (Å²) in [6.45, 7) is 0.404. The summed E-state index contributed by atoms with van der Waals surface area (Å²) in [6.07, 6.45) is 7.16. The van der Waals surface area contributed by atoms with Gasteiger partial charge in [-0.15, -0.1) is 0 Å². The van der Waals surface area contributed by atoms with Crippen LogP contribution in [0.4, 0.5) is 5.69 Å². The second-order valence-electron chi connectivity index (χ2n) is 6.08. The van der Waals surface area contributed by atoms with Crippen LogP contribution in [0.5, 0.6) is 5.75 Å². The van der Waals surface area contributed by atoms with Crippen molar-refractivity contribution < 1.29 is 9.53 Å². The van der Waals surface area contributed by atoms with Crippen molar-refractivity contribution in [3.05, 3.63) is 42.5 Å². The lowest BCUT2D eigenvalue weighted by Gasteiger charge is -2.22. The lowest BCUT2D eigenvalue weighted by molar-refractivity contribution is -0.121. The molecule has 3 N–H and O–H groups in total. The van der Waals surface area contributed by atoms with E-state index in [0.717, 1.165) is 42.9 Å². The average molecular weight is 314 g/mol. The Bertz CT molecular complexity index is 672. The molecule has 0 radical (unpaired) electrons. The highest BCUT2D eigenvalue weighted by Gasteiger charge is 2.36. The minimum absolute atomic E-state index is 0.100. The van der Waals surface area contributed by atoms with Gasteiger partial charge in [-0.2, -0.15) is 0 Å². The van der Waals surface area contributed by atoms with Gasteiger partial charge >= 0.3 is 0 Å². The average Bonchev–Trinajstić information content (AvgIpc) is 3.16. The van der Waals surface area contributed by atoms with Crippen LogP contribution in [-0.4, -0.2) is 21.0 Å². The van der Waals surface area contributed by atoms with E-state index in [1.165, 1.54) is 0 Å². The van der Waals surface area contributed by atoms with Crippen LogP contribution in [0.25, 0.3) is 0 Å². The molecule has 6 nitrogen and oxygen atoms in total. The van der Waals surface area contributed by atoms with Gasteiger partial charge in [-0.3, -0.25) is 4.79 Å². The Hall–Kier alpha value is -2.34. The normalized spacial score (nSPS) is 16.3. The fourth-order valence-electron chi connectivity index (χ4n) is 2.81. The van der Waals surface area contributed by atoms with E-state index in [9.17, 15) is 4.79 Å². The standard InChI is InChI=1S/C17H22N4O2/c1-21-11-10-19-15(21)12-23-14-6-4-13(5-7-14)20-16(22)17(18)8-2-3-9-17/h4-7,10-11H,2-3,8-9,12,18H2,1H3,(H,20,22). The van der Waals surface area contributed by atoms with Gasteiger partial charge in [-0.1, -0.05) is 12.8 Å². The van der Waals surface area contributed by atoms with Crippen molar-refractivity contribution in [1.29, 1.82) is 0 Å². The Morgan fingerprint density at radius 1 is 1.35 bits per heavy atom. The molecule has 1 amide bonds. The molecule has 1 saturated carbocycles. The fraction of sp³-hybridized carbons (Fsp3) is 0.412. The van der Waals surface area contributed by atoms with Gasteiger partial charge in [0.05, 0.1) is 5.54 Å². The molecule has 1 heterocycles. The van der Waals surface area contributed by atoms with E-state index in [1.54, 1.807) is 6.20 Å². The van der Waals surface area contributed by atoms with Gasteiger partial charge in [0.2, 0.25) is 5.91 Å². The first-order valence-electron chi connectivity index (χ1n) is 7.86. The summed E-state index contributed by atoms with van der Waals surface area (Å²) >= 11 is 0. The predicted octanol–water partition coefficient (Wildman–Crippen LogP) is 2.21. The molecule has 0 spiro atoms. The van der Waals surface area contributed by atoms with Crippen LogP contribution < -0.4 is 15.8 Å². The Labute approximate surface area is 135 Å². The third kappa shape index (κ3) is 3.53. The fourth-order valence-corrected chi connectivity index (χ4v) is 2.81. The van der Waals surface area contributed by atoms with Gasteiger partial charge in [-0.05, 0) is 37.1 Å². The molecule has 1 aromatic heterocycles. The first kappa shape index (κ1) is 15.6. The molecular formula is C17H22N4O2. The summed E-state index contributed by atoms with van der Waals surface area (Å²) in [6, 6.07) is 7.31. The number of nitrogens with zero attached hydrogens (tertiary/aromatic N) is 2. The number of hydrogen-bond donors (Lipinski definition) is 2. The molecular weight excluding hydrogens is 292 g/mol. The van der Waals surface area contributed by atoms with E-state index >= 15 is 0 Å². The molecule has 0 unspecified atom stereocenters. The van der Waals surface area contributed by atoms with Crippen LogP contribution in [0.3, 0.4) is 0 Å². The summed E-state index contributed by atoms with van der Waals surface area (Å²) in [4.78, 5) is 16.5. The van der Waals surface area contributed by atoms with Gasteiger partial charge in [0.1, 0.15) is 18.2 Å². The van der Waals surface area contributed by atoms with Gasteiger partial charge in [0, 0.05) is 25.1 Å². The molecule has 1 aliphatic rings. The summed E-state index contributed by atoms with van der Waals surface area (Å²) < 4.78 is 7.60. The van der Waals surface area contributed by atoms with Crippen LogP contribution in [0.2, 0.25) is 0 Å². The molecule has 6 heteroatoms. The SMILES string of the molecule is Cn1ccnc1COc1ccc(NC(=O)C2(N)CCCC2)cc1. The lowest BCUT2D eigenvalue weighted by atomic mass is 9.98. The number of ether oxygens (including phenoxy) is 1. The molecule has 0 atom stereocenters. The predicted molar refractivity (Wildman–Crippen MR) is 88.0 cm³/mol. The molecule has 0 aliphatic heterocycles. The van der Waals surface area contributed by atoms with Crippen molar-refractivity contribution in [2.45, 2.75) is 37.8 Å². The Morgan fingerprint density at radius 3 is 2.65 bits per heavy atom. The van der Waals surface area contributed by atoms with E-state index in [1.807, 2.05) is 42.1 Å². The Morgan fingerprint density at radius 2 is 2.04 bits per heavy atom. The maximum Gasteiger partial charge on any atom is 0.244 e. The quantitative estimate of drug-likeness (QED) is 0.886. The van der Waals surface area contributed by atoms with Crippen molar-refractivity contribution in [3.63, 3.8) is 0 Å². The lowest BCUT2D eigenvalue weighted by Crippen LogP contribution is -2.48. The van der Waals surface area contributed by atoms with Crippen LogP contribution >= 0.6 is 0 Å². The van der Waals surface area contributed by atoms with Gasteiger partial charge in [0.15, 0.2) is 0 Å². The monoisotopic (exact) mass is 314 g/mol. The van der Waals surface area contributed by atoms with Gasteiger partial charge in [-0.25, -0.2) is 4.98 Å². The topological polar surface area (TPSA) is 82.2 Å². The van der Waals surface area contributed by atoms with Crippen molar-refractivity contribution in [3.8, 4) is 5.75 Å². The summed E-state index contributed by atoms with van der Waals surface area (Å²) in [5, 5.41) is 2.89. The number of nitrogens with two attached hydrogens (primary N) is 1. The van der Waals surface area contributed by atoms with E-state index < -0.39 is 5.54 Å². The smallest absolute Gasteiger partial charge is 0.244 e. The van der Waals surface area contributed by atoms with Crippen molar-refractivity contribution in [2.75, 3.05) is 5.32 Å². The first-order chi connectivity index (χ1) is 11.1. The Kier molecular flexibility index (Phi) is 4.34. The zero-order valence-corrected chi connectivity index (χ0v) is 13.3. The number of rotatable bonds is 5. The van der Waals surface area contributed by atoms with Crippen molar-refractivity contribution in [2.24, 2.45) is 12.8 Å². The first-order valence-corrected chi connectivity index (χ1v) is 7.86. The number of imidazole rings is 1. The van der Waals surface area contributed by atoms with Crippen molar-refractivity contribution in [1.82, 2.24) is 9.55 Å². The molecule has 122 valence electrons. The summed E-state index contributed by atoms with van der Waals surface area (Å²) in [5.41, 5.74) is 6.17. The zero-order valence-electron chi connectivity index (χ0n) is 13.3. The minimum atomic E-state index is -0.715. The number of hydrogen-bond acceptors (Lipinski definition) is 4. The number of aryl methyl sites for hydroxylation is 1. The second kappa shape index (κ2) is 6.42. The number of carbonyl (C=O) groups is 1. The third-order valence-corrected chi connectivity index (χ3v) is 4.35. The highest BCUT2D eigenvalue weighted by Crippen LogP contribution is 2.28. The van der Waals surface area contributed by atoms with Gasteiger partial charge in [0.25, 0.3) is 0 Å². The zero-order chi connectivity index (χ0) is 16.3. The minimum Gasteiger partial charge on any atom is -0.486 e. The van der Waals surface area contributed by atoms with E-state index in [0.29, 0.717) is 6.61 Å². The number of anilines is 1. The third-order valence-electron chi connectivity index (χ3n) is 4.35. The molecule has 23 heavy (non-hydrogen) atoms. The molecule has 1 aromatic carbocycles. The second-order valence-corrected chi connectivity index (χ2v) is 6.08. The molecule has 1 fully saturated rings. The van der Waals surface area contributed by atoms with E-state index in [2.05, 4.69) is 10.3 Å². The highest BCUT2D eigenvalue weighted by atomic mass is 16.5. The molecule has 1 aliphatic carbocycles. The number of aromatic nitrogens is 2. The van der Waals surface area contributed by atoms with Crippen LogP contribution in [0.1, 0.15) is 31.5 Å². The van der Waals surface area contributed by atoms with E-state index in [4.69, 9.17) is 10.5 Å². The molecule has 3 rings (SSSR count). The summed E-state index contributed by atoms with van der Waals surface area (Å²) in [7, 11) is 1.93. The molecule has 2 aromatic rings. The number of benzene rings is 1. The molecule has 0 bridgehead atoms. The summed E-state index contributed by atoms with van der Waals surface area (Å²) in [5.74, 6) is 1.49. The van der Waals surface area contributed by atoms with Crippen LogP contribution in [0.15, 0.2) is 36.7 Å². The maximum absolute atomic E-state index is 12.3. The maximum atomic E-state index is 12.3. The Balaban J connectivity index is 1.56. The highest BCUT2D eigenvalue weighted by molar-refractivity contribution is 5.98. The van der Waals surface area contributed by atoms with Crippen LogP contribution in [0, 0.1) is 0 Å². The van der Waals surface area contributed by atoms with E-state index in [-0.39, 0.29) is 5.91 Å².